The average molecular weight is 218 g/mol. The Morgan fingerprint density at radius 2 is 1.71 bits per heavy atom. The molecule has 4 heteroatoms. The maximum Gasteiger partial charge on any atom is 0.409 e. The lowest BCUT2D eigenvalue weighted by molar-refractivity contribution is -0.0790. The zero-order valence-electron chi connectivity index (χ0n) is 7.51. The van der Waals surface area contributed by atoms with Crippen LogP contribution in [-0.4, -0.2) is 12.4 Å². The number of hydrogen-bond acceptors (Lipinski definition) is 1. The highest BCUT2D eigenvalue weighted by Crippen LogP contribution is 2.19. The van der Waals surface area contributed by atoms with Gasteiger partial charge in [-0.15, -0.1) is 11.8 Å². The van der Waals surface area contributed by atoms with Gasteiger partial charge < -0.3 is 0 Å². The second kappa shape index (κ2) is 4.55. The maximum absolute atomic E-state index is 11.8. The Hall–Kier alpha value is -0.900. The SMILES string of the molecule is CSc1ccc(/C=C/C(F)(F)F)cc1. The number of hydrogen-bond donors (Lipinski definition) is 0. The van der Waals surface area contributed by atoms with Gasteiger partial charge in [0.1, 0.15) is 0 Å². The number of thioether (sulfide) groups is 1. The molecule has 0 N–H and O–H groups in total. The topological polar surface area (TPSA) is 0 Å². The second-order valence-corrected chi connectivity index (χ2v) is 3.53. The van der Waals surface area contributed by atoms with E-state index in [9.17, 15) is 13.2 Å². The Labute approximate surface area is 84.8 Å². The van der Waals surface area contributed by atoms with E-state index in [0.29, 0.717) is 5.56 Å². The minimum absolute atomic E-state index is 0.237. The molecule has 1 aromatic rings. The number of rotatable bonds is 2. The third-order valence-electron chi connectivity index (χ3n) is 1.58. The first-order chi connectivity index (χ1) is 6.51. The van der Waals surface area contributed by atoms with Gasteiger partial charge in [0.25, 0.3) is 0 Å². The molecule has 76 valence electrons. The van der Waals surface area contributed by atoms with Gasteiger partial charge in [0.15, 0.2) is 0 Å². The van der Waals surface area contributed by atoms with Crippen LogP contribution in [0.1, 0.15) is 5.56 Å². The number of benzene rings is 1. The van der Waals surface area contributed by atoms with E-state index in [1.165, 1.54) is 0 Å². The summed E-state index contributed by atoms with van der Waals surface area (Å²) >= 11 is 1.55. The van der Waals surface area contributed by atoms with Crippen LogP contribution in [0.2, 0.25) is 0 Å². The van der Waals surface area contributed by atoms with Gasteiger partial charge in [-0.3, -0.25) is 0 Å². The van der Waals surface area contributed by atoms with Crippen molar-refractivity contribution in [2.45, 2.75) is 11.1 Å². The molecule has 0 saturated heterocycles. The second-order valence-electron chi connectivity index (χ2n) is 2.65. The predicted octanol–water partition coefficient (Wildman–Crippen LogP) is 3.98. The standard InChI is InChI=1S/C10H9F3S/c1-14-9-4-2-8(3-5-9)6-7-10(11,12)13/h2-7H,1H3/b7-6+. The molecule has 0 aliphatic carbocycles. The molecular weight excluding hydrogens is 209 g/mol. The molecule has 0 saturated carbocycles. The van der Waals surface area contributed by atoms with E-state index in [1.54, 1.807) is 36.0 Å². The van der Waals surface area contributed by atoms with Crippen LogP contribution in [0.15, 0.2) is 35.2 Å². The molecule has 0 nitrogen and oxygen atoms in total. The van der Waals surface area contributed by atoms with Gasteiger partial charge in [0.05, 0.1) is 0 Å². The summed E-state index contributed by atoms with van der Waals surface area (Å²) in [5.74, 6) is 0. The third-order valence-corrected chi connectivity index (χ3v) is 2.32. The van der Waals surface area contributed by atoms with Crippen molar-refractivity contribution in [3.8, 4) is 0 Å². The molecule has 0 atom stereocenters. The van der Waals surface area contributed by atoms with Crippen LogP contribution in [0.5, 0.6) is 0 Å². The molecule has 1 rings (SSSR count). The molecule has 0 spiro atoms. The molecule has 14 heavy (non-hydrogen) atoms. The minimum Gasteiger partial charge on any atom is -0.167 e. The fraction of sp³-hybridized carbons (Fsp3) is 0.200. The maximum atomic E-state index is 11.8. The van der Waals surface area contributed by atoms with Crippen molar-refractivity contribution in [2.24, 2.45) is 0 Å². The summed E-state index contributed by atoms with van der Waals surface area (Å²) < 4.78 is 35.4. The molecule has 0 unspecified atom stereocenters. The molecule has 0 fully saturated rings. The largest absolute Gasteiger partial charge is 0.409 e. The fourth-order valence-corrected chi connectivity index (χ4v) is 1.31. The monoisotopic (exact) mass is 218 g/mol. The van der Waals surface area contributed by atoms with Crippen LogP contribution < -0.4 is 0 Å². The Bertz CT molecular complexity index is 311. The number of alkyl halides is 3. The van der Waals surface area contributed by atoms with Crippen molar-refractivity contribution in [2.75, 3.05) is 6.26 Å². The lowest BCUT2D eigenvalue weighted by Crippen LogP contribution is -1.99. The van der Waals surface area contributed by atoms with Gasteiger partial charge in [-0.1, -0.05) is 18.2 Å². The van der Waals surface area contributed by atoms with Crippen molar-refractivity contribution in [3.63, 3.8) is 0 Å². The molecule has 0 radical (unpaired) electrons. The van der Waals surface area contributed by atoms with Crippen LogP contribution in [0, 0.1) is 0 Å². The van der Waals surface area contributed by atoms with E-state index in [1.807, 2.05) is 6.26 Å². The summed E-state index contributed by atoms with van der Waals surface area (Å²) in [5, 5.41) is 0. The summed E-state index contributed by atoms with van der Waals surface area (Å²) in [7, 11) is 0. The van der Waals surface area contributed by atoms with Gasteiger partial charge in [-0.2, -0.15) is 13.2 Å². The van der Waals surface area contributed by atoms with E-state index < -0.39 is 6.18 Å². The average Bonchev–Trinajstić information content (AvgIpc) is 2.14. The molecule has 0 amide bonds. The summed E-state index contributed by atoms with van der Waals surface area (Å²) in [4.78, 5) is 1.04. The van der Waals surface area contributed by atoms with Crippen molar-refractivity contribution < 1.29 is 13.2 Å². The van der Waals surface area contributed by atoms with E-state index in [0.717, 1.165) is 11.0 Å². The first kappa shape index (κ1) is 11.2. The number of allylic oxidation sites excluding steroid dienone is 1. The van der Waals surface area contributed by atoms with E-state index in [2.05, 4.69) is 0 Å². The van der Waals surface area contributed by atoms with Crippen molar-refractivity contribution >= 4 is 17.8 Å². The molecule has 0 bridgehead atoms. The zero-order chi connectivity index (χ0) is 10.6. The summed E-state index contributed by atoms with van der Waals surface area (Å²) in [6.45, 7) is 0. The van der Waals surface area contributed by atoms with E-state index in [4.69, 9.17) is 0 Å². The van der Waals surface area contributed by atoms with E-state index in [-0.39, 0.29) is 6.08 Å². The smallest absolute Gasteiger partial charge is 0.167 e. The minimum atomic E-state index is -4.24. The van der Waals surface area contributed by atoms with Crippen LogP contribution in [-0.2, 0) is 0 Å². The van der Waals surface area contributed by atoms with Gasteiger partial charge in [0, 0.05) is 11.0 Å². The summed E-state index contributed by atoms with van der Waals surface area (Å²) in [6, 6.07) is 6.91. The third kappa shape index (κ3) is 3.87. The van der Waals surface area contributed by atoms with Crippen LogP contribution in [0.25, 0.3) is 6.08 Å². The highest BCUT2D eigenvalue weighted by molar-refractivity contribution is 7.98. The Morgan fingerprint density at radius 3 is 2.14 bits per heavy atom. The highest BCUT2D eigenvalue weighted by Gasteiger charge is 2.21. The van der Waals surface area contributed by atoms with E-state index >= 15 is 0 Å². The lowest BCUT2D eigenvalue weighted by atomic mass is 10.2. The quantitative estimate of drug-likeness (QED) is 0.676. The van der Waals surface area contributed by atoms with Crippen molar-refractivity contribution in [1.29, 1.82) is 0 Å². The van der Waals surface area contributed by atoms with Gasteiger partial charge in [-0.05, 0) is 24.0 Å². The summed E-state index contributed by atoms with van der Waals surface area (Å²) in [6.07, 6.45) is -1.02. The molecule has 0 aliphatic heterocycles. The molecule has 0 aliphatic rings. The lowest BCUT2D eigenvalue weighted by Gasteiger charge is -1.99. The predicted molar refractivity (Wildman–Crippen MR) is 53.3 cm³/mol. The first-order valence-corrected chi connectivity index (χ1v) is 5.14. The Kier molecular flexibility index (Phi) is 3.63. The Balaban J connectivity index is 2.74. The van der Waals surface area contributed by atoms with Crippen LogP contribution in [0.4, 0.5) is 13.2 Å². The van der Waals surface area contributed by atoms with Crippen LogP contribution in [0.3, 0.4) is 0 Å². The van der Waals surface area contributed by atoms with Gasteiger partial charge >= 0.3 is 6.18 Å². The Morgan fingerprint density at radius 1 is 1.14 bits per heavy atom. The molecule has 1 aromatic carbocycles. The van der Waals surface area contributed by atoms with Gasteiger partial charge in [0.2, 0.25) is 0 Å². The first-order valence-electron chi connectivity index (χ1n) is 3.91. The summed E-state index contributed by atoms with van der Waals surface area (Å²) in [5.41, 5.74) is 0.556. The molecule has 0 aromatic heterocycles. The van der Waals surface area contributed by atoms with Crippen LogP contribution >= 0.6 is 11.8 Å². The zero-order valence-corrected chi connectivity index (χ0v) is 8.32. The van der Waals surface area contributed by atoms with Crippen molar-refractivity contribution in [3.05, 3.63) is 35.9 Å². The highest BCUT2D eigenvalue weighted by atomic mass is 32.2. The fourth-order valence-electron chi connectivity index (χ4n) is 0.906. The molecule has 0 heterocycles. The van der Waals surface area contributed by atoms with Gasteiger partial charge in [-0.25, -0.2) is 0 Å². The normalized spacial score (nSPS) is 12.3. The molecular formula is C10H9F3S. The number of halogens is 3. The van der Waals surface area contributed by atoms with Crippen molar-refractivity contribution in [1.82, 2.24) is 0 Å².